The van der Waals surface area contributed by atoms with Gasteiger partial charge in [-0.15, -0.1) is 0 Å². The van der Waals surface area contributed by atoms with Gasteiger partial charge in [0.25, 0.3) is 5.91 Å². The number of hydrogen-bond acceptors (Lipinski definition) is 6. The van der Waals surface area contributed by atoms with E-state index in [9.17, 15) is 9.59 Å². The predicted octanol–water partition coefficient (Wildman–Crippen LogP) is -0.0956. The average Bonchev–Trinajstić information content (AvgIpc) is 3.18. The largest absolute Gasteiger partial charge is 0.489 e. The number of rotatable bonds is 7. The molecule has 1 aliphatic rings. The number of fused-ring (bicyclic) bond motifs is 1. The van der Waals surface area contributed by atoms with E-state index < -0.39 is 6.04 Å². The van der Waals surface area contributed by atoms with E-state index in [0.717, 1.165) is 0 Å². The highest BCUT2D eigenvalue weighted by atomic mass is 16.5. The molecule has 1 aliphatic heterocycles. The summed E-state index contributed by atoms with van der Waals surface area (Å²) in [6.07, 6.45) is 3.55. The highest BCUT2D eigenvalue weighted by molar-refractivity contribution is 6.01. The molecule has 1 aromatic carbocycles. The van der Waals surface area contributed by atoms with Gasteiger partial charge in [0.15, 0.2) is 0 Å². The molecule has 144 valence electrons. The second kappa shape index (κ2) is 8.56. The maximum absolute atomic E-state index is 12.3. The molecular formula is C18H22N4O5. The van der Waals surface area contributed by atoms with Crippen LogP contribution in [-0.4, -0.2) is 58.6 Å². The lowest BCUT2D eigenvalue weighted by Gasteiger charge is -2.28. The third-order valence-corrected chi connectivity index (χ3v) is 4.11. The molecule has 0 saturated heterocycles. The van der Waals surface area contributed by atoms with Crippen molar-refractivity contribution in [1.29, 1.82) is 0 Å². The Hall–Kier alpha value is -3.04. The predicted molar refractivity (Wildman–Crippen MR) is 98.2 cm³/mol. The van der Waals surface area contributed by atoms with Gasteiger partial charge in [-0.25, -0.2) is 0 Å². The molecule has 2 heterocycles. The van der Waals surface area contributed by atoms with E-state index in [1.54, 1.807) is 47.4 Å². The molecule has 0 saturated carbocycles. The van der Waals surface area contributed by atoms with Crippen LogP contribution < -0.4 is 20.8 Å². The van der Waals surface area contributed by atoms with Crippen molar-refractivity contribution in [3.8, 4) is 5.75 Å². The first-order valence-electron chi connectivity index (χ1n) is 8.58. The van der Waals surface area contributed by atoms with Crippen LogP contribution in [0.5, 0.6) is 5.75 Å². The number of amides is 2. The summed E-state index contributed by atoms with van der Waals surface area (Å²) in [5.74, 6) is 0.0197. The SMILES string of the molecule is O=C(CC1COc2ccc(C(=O)Nn3cccc3)cc2N1)NC(CO)CO. The molecule has 0 bridgehead atoms. The summed E-state index contributed by atoms with van der Waals surface area (Å²) in [7, 11) is 0. The molecule has 1 atom stereocenters. The second-order valence-electron chi connectivity index (χ2n) is 6.23. The number of aliphatic hydroxyl groups excluding tert-OH is 2. The summed E-state index contributed by atoms with van der Waals surface area (Å²) >= 11 is 0. The van der Waals surface area contributed by atoms with Gasteiger partial charge in [-0.2, -0.15) is 0 Å². The van der Waals surface area contributed by atoms with Gasteiger partial charge in [0.2, 0.25) is 5.91 Å². The molecule has 1 aromatic heterocycles. The third-order valence-electron chi connectivity index (χ3n) is 4.11. The van der Waals surface area contributed by atoms with Crippen LogP contribution in [0.15, 0.2) is 42.7 Å². The molecule has 5 N–H and O–H groups in total. The zero-order valence-electron chi connectivity index (χ0n) is 14.6. The lowest BCUT2D eigenvalue weighted by molar-refractivity contribution is -0.122. The van der Waals surface area contributed by atoms with Crippen LogP contribution in [0.2, 0.25) is 0 Å². The number of carbonyl (C=O) groups excluding carboxylic acids is 2. The minimum absolute atomic E-state index is 0.107. The number of anilines is 1. The Bertz CT molecular complexity index is 789. The topological polar surface area (TPSA) is 125 Å². The maximum Gasteiger partial charge on any atom is 0.270 e. The molecule has 0 fully saturated rings. The van der Waals surface area contributed by atoms with Gasteiger partial charge in [-0.1, -0.05) is 0 Å². The Kier molecular flexibility index (Phi) is 5.94. The molecule has 27 heavy (non-hydrogen) atoms. The van der Waals surface area contributed by atoms with Crippen LogP contribution >= 0.6 is 0 Å². The molecule has 1 unspecified atom stereocenters. The number of nitrogens with one attached hydrogen (secondary N) is 3. The smallest absolute Gasteiger partial charge is 0.270 e. The highest BCUT2D eigenvalue weighted by Gasteiger charge is 2.23. The minimum Gasteiger partial charge on any atom is -0.489 e. The first-order chi connectivity index (χ1) is 13.1. The Balaban J connectivity index is 1.62. The van der Waals surface area contributed by atoms with Gasteiger partial charge >= 0.3 is 0 Å². The van der Waals surface area contributed by atoms with E-state index in [1.807, 2.05) is 0 Å². The third kappa shape index (κ3) is 4.78. The van der Waals surface area contributed by atoms with E-state index in [1.165, 1.54) is 0 Å². The molecular weight excluding hydrogens is 352 g/mol. The lowest BCUT2D eigenvalue weighted by Crippen LogP contribution is -2.43. The van der Waals surface area contributed by atoms with Crippen molar-refractivity contribution in [2.45, 2.75) is 18.5 Å². The number of nitrogens with zero attached hydrogens (tertiary/aromatic N) is 1. The summed E-state index contributed by atoms with van der Waals surface area (Å²) in [6, 6.07) is 7.67. The second-order valence-corrected chi connectivity index (χ2v) is 6.23. The van der Waals surface area contributed by atoms with Crippen molar-refractivity contribution in [3.63, 3.8) is 0 Å². The van der Waals surface area contributed by atoms with Crippen molar-refractivity contribution >= 4 is 17.5 Å². The van der Waals surface area contributed by atoms with Gasteiger partial charge in [-0.3, -0.25) is 19.7 Å². The first kappa shape index (κ1) is 18.7. The highest BCUT2D eigenvalue weighted by Crippen LogP contribution is 2.30. The van der Waals surface area contributed by atoms with E-state index in [2.05, 4.69) is 16.1 Å². The van der Waals surface area contributed by atoms with Crippen molar-refractivity contribution < 1.29 is 24.5 Å². The van der Waals surface area contributed by atoms with Crippen LogP contribution in [0, 0.1) is 0 Å². The Labute approximate surface area is 155 Å². The molecule has 9 nitrogen and oxygen atoms in total. The van der Waals surface area contributed by atoms with Gasteiger partial charge in [0, 0.05) is 18.0 Å². The van der Waals surface area contributed by atoms with Gasteiger partial charge < -0.3 is 25.6 Å². The zero-order chi connectivity index (χ0) is 19.2. The number of aromatic nitrogens is 1. The molecule has 0 radical (unpaired) electrons. The van der Waals surface area contributed by atoms with Crippen molar-refractivity contribution in [2.24, 2.45) is 0 Å². The number of benzene rings is 1. The van der Waals surface area contributed by atoms with E-state index in [-0.39, 0.29) is 44.1 Å². The summed E-state index contributed by atoms with van der Waals surface area (Å²) in [5, 5.41) is 23.8. The molecule has 2 amide bonds. The minimum atomic E-state index is -0.682. The normalized spacial score (nSPS) is 15.4. The van der Waals surface area contributed by atoms with Gasteiger partial charge in [0.05, 0.1) is 37.4 Å². The quantitative estimate of drug-likeness (QED) is 0.461. The van der Waals surface area contributed by atoms with Crippen LogP contribution in [0.25, 0.3) is 0 Å². The van der Waals surface area contributed by atoms with Crippen molar-refractivity contribution in [2.75, 3.05) is 30.6 Å². The van der Waals surface area contributed by atoms with Crippen LogP contribution in [0.3, 0.4) is 0 Å². The van der Waals surface area contributed by atoms with E-state index >= 15 is 0 Å². The van der Waals surface area contributed by atoms with Crippen molar-refractivity contribution in [1.82, 2.24) is 9.99 Å². The fourth-order valence-corrected chi connectivity index (χ4v) is 2.72. The summed E-state index contributed by atoms with van der Waals surface area (Å²) in [4.78, 5) is 24.3. The number of carbonyl (C=O) groups is 2. The summed E-state index contributed by atoms with van der Waals surface area (Å²) < 4.78 is 7.21. The number of hydrogen-bond donors (Lipinski definition) is 5. The summed E-state index contributed by atoms with van der Waals surface area (Å²) in [5.41, 5.74) is 3.79. The Morgan fingerprint density at radius 2 is 2.00 bits per heavy atom. The number of ether oxygens (including phenoxy) is 1. The standard InChI is InChI=1S/C18H22N4O5/c23-9-14(10-24)20-17(25)8-13-11-27-16-4-3-12(7-15(16)19-13)18(26)21-22-5-1-2-6-22/h1-7,13-14,19,23-24H,8-11H2,(H,20,25)(H,21,26). The van der Waals surface area contributed by atoms with Gasteiger partial charge in [-0.05, 0) is 30.3 Å². The van der Waals surface area contributed by atoms with Crippen LogP contribution in [0.1, 0.15) is 16.8 Å². The van der Waals surface area contributed by atoms with E-state index in [4.69, 9.17) is 14.9 Å². The molecule has 0 aliphatic carbocycles. The Morgan fingerprint density at radius 1 is 1.26 bits per heavy atom. The summed E-state index contributed by atoms with van der Waals surface area (Å²) in [6.45, 7) is -0.378. The Morgan fingerprint density at radius 3 is 2.70 bits per heavy atom. The van der Waals surface area contributed by atoms with Gasteiger partial charge in [0.1, 0.15) is 12.4 Å². The van der Waals surface area contributed by atoms with Crippen LogP contribution in [-0.2, 0) is 4.79 Å². The van der Waals surface area contributed by atoms with Crippen LogP contribution in [0.4, 0.5) is 5.69 Å². The number of aliphatic hydroxyl groups is 2. The lowest BCUT2D eigenvalue weighted by atomic mass is 10.1. The molecule has 2 aromatic rings. The monoisotopic (exact) mass is 374 g/mol. The fourth-order valence-electron chi connectivity index (χ4n) is 2.72. The molecule has 3 rings (SSSR count). The fraction of sp³-hybridized carbons (Fsp3) is 0.333. The van der Waals surface area contributed by atoms with Crippen molar-refractivity contribution in [3.05, 3.63) is 48.3 Å². The first-order valence-corrected chi connectivity index (χ1v) is 8.58. The van der Waals surface area contributed by atoms with E-state index in [0.29, 0.717) is 17.0 Å². The zero-order valence-corrected chi connectivity index (χ0v) is 14.6. The maximum atomic E-state index is 12.3. The average molecular weight is 374 g/mol. The molecule has 0 spiro atoms. The molecule has 9 heteroatoms.